The van der Waals surface area contributed by atoms with Crippen LogP contribution in [0, 0.1) is 0 Å². The first-order valence-corrected chi connectivity index (χ1v) is 17.5. The Kier molecular flexibility index (Phi) is 8.95. The van der Waals surface area contributed by atoms with Crippen molar-refractivity contribution in [1.82, 2.24) is 0 Å². The number of aliphatic hydroxyl groups is 3. The molecule has 54 heavy (non-hydrogen) atoms. The second-order valence-electron chi connectivity index (χ2n) is 13.8. The van der Waals surface area contributed by atoms with Crippen LogP contribution in [0.1, 0.15) is 52.6 Å². The number of aliphatic hydroxyl groups excluding tert-OH is 3. The Morgan fingerprint density at radius 1 is 0.426 bits per heavy atom. The van der Waals surface area contributed by atoms with E-state index in [1.807, 2.05) is 0 Å². The number of hydrogen-bond donors (Lipinski definition) is 6. The number of carbonyl (C=O) groups is 3. The minimum absolute atomic E-state index is 0.100. The lowest BCUT2D eigenvalue weighted by Gasteiger charge is -2.39. The van der Waals surface area contributed by atoms with Gasteiger partial charge in [0, 0.05) is 16.7 Å². The van der Waals surface area contributed by atoms with Crippen LogP contribution in [0.25, 0.3) is 16.7 Å². The molecule has 0 aliphatic heterocycles. The third-order valence-corrected chi connectivity index (χ3v) is 11.0. The summed E-state index contributed by atoms with van der Waals surface area (Å²) in [5.74, 6) is -2.94. The number of hydrogen-bond acceptors (Lipinski definition) is 6. The minimum atomic E-state index is -1.58. The maximum absolute atomic E-state index is 13.8. The van der Waals surface area contributed by atoms with Gasteiger partial charge in [0.05, 0.1) is 0 Å². The summed E-state index contributed by atoms with van der Waals surface area (Å²) in [5.41, 5.74) is 17.0. The molecule has 0 fully saturated rings. The van der Waals surface area contributed by atoms with Crippen molar-refractivity contribution in [3.63, 3.8) is 0 Å². The Bertz CT molecular complexity index is 2100. The van der Waals surface area contributed by atoms with E-state index in [4.69, 9.17) is 17.2 Å². The summed E-state index contributed by atoms with van der Waals surface area (Å²) in [5, 5.41) is 35.4. The summed E-state index contributed by atoms with van der Waals surface area (Å²) < 4.78 is 0. The minimum Gasteiger partial charge on any atom is -0.508 e. The first kappa shape index (κ1) is 35.5. The molecule has 0 aromatic heterocycles. The number of nitrogens with two attached hydrogens (primary N) is 3. The molecular weight excluding hydrogens is 679 g/mol. The molecule has 3 atom stereocenters. The van der Waals surface area contributed by atoms with Crippen LogP contribution in [0.4, 0.5) is 0 Å². The molecule has 3 unspecified atom stereocenters. The summed E-state index contributed by atoms with van der Waals surface area (Å²) in [6, 6.07) is 31.5. The molecule has 3 aliphatic carbocycles. The van der Waals surface area contributed by atoms with E-state index in [-0.39, 0.29) is 69.9 Å². The average Bonchev–Trinajstić information content (AvgIpc) is 3.18. The van der Waals surface area contributed by atoms with Crippen molar-refractivity contribution in [2.75, 3.05) is 0 Å². The molecule has 9 heteroatoms. The molecule has 0 bridgehead atoms. The van der Waals surface area contributed by atoms with Gasteiger partial charge >= 0.3 is 0 Å². The molecule has 7 rings (SSSR count). The summed E-state index contributed by atoms with van der Waals surface area (Å²) in [4.78, 5) is 41.5. The monoisotopic (exact) mass is 717 g/mol. The number of carbonyl (C=O) groups excluding carboxylic acids is 3. The lowest BCUT2D eigenvalue weighted by atomic mass is 9.63. The summed E-state index contributed by atoms with van der Waals surface area (Å²) >= 11 is 0. The topological polar surface area (TPSA) is 190 Å². The van der Waals surface area contributed by atoms with Crippen LogP contribution in [0.5, 0.6) is 0 Å². The van der Waals surface area contributed by atoms with E-state index in [1.54, 1.807) is 127 Å². The predicted molar refractivity (Wildman–Crippen MR) is 208 cm³/mol. The summed E-state index contributed by atoms with van der Waals surface area (Å²) in [6.45, 7) is 0. The van der Waals surface area contributed by atoms with E-state index >= 15 is 0 Å². The Morgan fingerprint density at radius 3 is 0.889 bits per heavy atom. The first-order valence-electron chi connectivity index (χ1n) is 17.5. The predicted octanol–water partition coefficient (Wildman–Crippen LogP) is 6.64. The lowest BCUT2D eigenvalue weighted by molar-refractivity contribution is -0.122. The van der Waals surface area contributed by atoms with E-state index < -0.39 is 34.0 Å². The van der Waals surface area contributed by atoms with Gasteiger partial charge in [0.25, 0.3) is 0 Å². The molecule has 0 saturated carbocycles. The molecule has 4 aromatic rings. The van der Waals surface area contributed by atoms with Crippen LogP contribution in [-0.2, 0) is 30.6 Å². The van der Waals surface area contributed by atoms with Gasteiger partial charge in [0.15, 0.2) is 0 Å². The number of primary amides is 3. The van der Waals surface area contributed by atoms with Gasteiger partial charge in [-0.15, -0.1) is 0 Å². The fourth-order valence-electron chi connectivity index (χ4n) is 8.55. The Labute approximate surface area is 312 Å². The summed E-state index contributed by atoms with van der Waals surface area (Å²) in [6.07, 6.45) is 9.77. The highest BCUT2D eigenvalue weighted by Crippen LogP contribution is 2.52. The fraction of sp³-hybridized carbons (Fsp3) is 0.133. The smallest absolute Gasteiger partial charge is 0.233 e. The van der Waals surface area contributed by atoms with Crippen LogP contribution in [0.2, 0.25) is 0 Å². The molecule has 0 spiro atoms. The second kappa shape index (κ2) is 13.6. The van der Waals surface area contributed by atoms with Gasteiger partial charge in [-0.05, 0) is 89.1 Å². The Hall–Kier alpha value is -6.87. The van der Waals surface area contributed by atoms with Crippen LogP contribution >= 0.6 is 0 Å². The van der Waals surface area contributed by atoms with Crippen molar-refractivity contribution in [2.24, 2.45) is 17.2 Å². The SMILES string of the molecule is NC(=O)C1(c2ccccc2)CC=CC(O)=C1c1cc(C2=C(O)C=CCC2(C(N)=O)c2ccccc2)cc(C2=C(O)C=CCC2(C(N)=O)c2ccccc2)c1. The second-order valence-corrected chi connectivity index (χ2v) is 13.8. The van der Waals surface area contributed by atoms with Gasteiger partial charge in [-0.25, -0.2) is 0 Å². The van der Waals surface area contributed by atoms with Crippen LogP contribution < -0.4 is 17.2 Å². The molecule has 0 saturated heterocycles. The molecular formula is C45H39N3O6. The molecule has 3 amide bonds. The number of benzene rings is 4. The Balaban J connectivity index is 1.62. The van der Waals surface area contributed by atoms with Crippen molar-refractivity contribution in [1.29, 1.82) is 0 Å². The maximum atomic E-state index is 13.8. The normalized spacial score (nSPS) is 23.8. The highest BCUT2D eigenvalue weighted by molar-refractivity contribution is 6.08. The zero-order valence-electron chi connectivity index (χ0n) is 29.3. The van der Waals surface area contributed by atoms with Crippen molar-refractivity contribution in [3.05, 3.63) is 196 Å². The van der Waals surface area contributed by atoms with E-state index in [0.717, 1.165) is 0 Å². The average molecular weight is 718 g/mol. The van der Waals surface area contributed by atoms with Gasteiger partial charge in [-0.2, -0.15) is 0 Å². The van der Waals surface area contributed by atoms with Crippen LogP contribution in [-0.4, -0.2) is 33.0 Å². The van der Waals surface area contributed by atoms with Crippen molar-refractivity contribution in [3.8, 4) is 0 Å². The van der Waals surface area contributed by atoms with E-state index in [2.05, 4.69) is 0 Å². The number of amides is 3. The van der Waals surface area contributed by atoms with Crippen molar-refractivity contribution >= 4 is 34.4 Å². The standard InChI is InChI=1S/C45H39N3O6/c46-40(52)43(31-13-4-1-5-14-31)22-10-19-34(49)37(43)28-25-29(38-35(50)20-11-23-44(38,41(47)53)32-15-6-2-7-16-32)27-30(26-28)39-36(51)21-12-24-45(39,42(48)54)33-17-8-3-9-18-33/h1-21,25-27,49-51H,22-24H2,(H2,46,52)(H2,47,53)(H2,48,54). The third kappa shape index (κ3) is 5.35. The molecule has 3 aliphatic rings. The van der Waals surface area contributed by atoms with Crippen LogP contribution in [0.15, 0.2) is 163 Å². The quantitative estimate of drug-likeness (QED) is 0.112. The van der Waals surface area contributed by atoms with Crippen molar-refractivity contribution < 1.29 is 29.7 Å². The zero-order valence-corrected chi connectivity index (χ0v) is 29.3. The first-order chi connectivity index (χ1) is 26.0. The molecule has 4 aromatic carbocycles. The van der Waals surface area contributed by atoms with E-state index in [9.17, 15) is 29.7 Å². The Morgan fingerprint density at radius 2 is 0.667 bits per heavy atom. The van der Waals surface area contributed by atoms with Crippen LogP contribution in [0.3, 0.4) is 0 Å². The van der Waals surface area contributed by atoms with Gasteiger partial charge in [0.1, 0.15) is 33.5 Å². The highest BCUT2D eigenvalue weighted by Gasteiger charge is 2.50. The number of rotatable bonds is 9. The molecule has 270 valence electrons. The molecule has 0 heterocycles. The summed E-state index contributed by atoms with van der Waals surface area (Å²) in [7, 11) is 0. The largest absolute Gasteiger partial charge is 0.508 e. The molecule has 0 radical (unpaired) electrons. The van der Waals surface area contributed by atoms with Gasteiger partial charge in [-0.1, -0.05) is 109 Å². The van der Waals surface area contributed by atoms with Gasteiger partial charge in [0.2, 0.25) is 17.7 Å². The van der Waals surface area contributed by atoms with E-state index in [1.165, 1.54) is 18.2 Å². The lowest BCUT2D eigenvalue weighted by Crippen LogP contribution is -2.44. The molecule has 9 nitrogen and oxygen atoms in total. The van der Waals surface area contributed by atoms with Gasteiger partial charge in [-0.3, -0.25) is 14.4 Å². The van der Waals surface area contributed by atoms with E-state index in [0.29, 0.717) is 16.7 Å². The fourth-order valence-corrected chi connectivity index (χ4v) is 8.55. The van der Waals surface area contributed by atoms with Crippen molar-refractivity contribution in [2.45, 2.75) is 35.5 Å². The zero-order chi connectivity index (χ0) is 38.3. The molecule has 9 N–H and O–H groups in total. The highest BCUT2D eigenvalue weighted by atomic mass is 16.3. The third-order valence-electron chi connectivity index (χ3n) is 11.0. The maximum Gasteiger partial charge on any atom is 0.233 e. The number of allylic oxidation sites excluding steroid dienone is 6. The van der Waals surface area contributed by atoms with Gasteiger partial charge < -0.3 is 32.5 Å².